The van der Waals surface area contributed by atoms with Gasteiger partial charge >= 0.3 is 0 Å². The highest BCUT2D eigenvalue weighted by Gasteiger charge is 2.39. The van der Waals surface area contributed by atoms with Crippen molar-refractivity contribution in [1.29, 1.82) is 0 Å². The van der Waals surface area contributed by atoms with E-state index in [9.17, 15) is 0 Å². The van der Waals surface area contributed by atoms with Crippen molar-refractivity contribution in [1.82, 2.24) is 0 Å². The second kappa shape index (κ2) is 4.41. The van der Waals surface area contributed by atoms with E-state index in [2.05, 4.69) is 34.1 Å². The van der Waals surface area contributed by atoms with Crippen LogP contribution < -0.4 is 10.5 Å². The molecule has 0 saturated carbocycles. The fourth-order valence-corrected chi connectivity index (χ4v) is 2.80. The largest absolute Gasteiger partial charge is 0.481 e. The average molecular weight is 304 g/mol. The van der Waals surface area contributed by atoms with Gasteiger partial charge in [0.25, 0.3) is 0 Å². The fourth-order valence-electron chi connectivity index (χ4n) is 2.46. The zero-order valence-corrected chi connectivity index (χ0v) is 11.5. The molecule has 1 heterocycles. The molecule has 2 aromatic rings. The lowest BCUT2D eigenvalue weighted by atomic mass is 9.89. The summed E-state index contributed by atoms with van der Waals surface area (Å²) in [6, 6.07) is 16.4. The van der Waals surface area contributed by atoms with Crippen LogP contribution in [0.3, 0.4) is 0 Å². The van der Waals surface area contributed by atoms with Gasteiger partial charge in [0.05, 0.1) is 0 Å². The van der Waals surface area contributed by atoms with Gasteiger partial charge in [0.2, 0.25) is 0 Å². The van der Waals surface area contributed by atoms with Crippen molar-refractivity contribution < 1.29 is 4.74 Å². The van der Waals surface area contributed by atoms with Crippen LogP contribution >= 0.6 is 15.9 Å². The summed E-state index contributed by atoms with van der Waals surface area (Å²) in [5.74, 6) is 0.929. The summed E-state index contributed by atoms with van der Waals surface area (Å²) in [6.07, 6.45) is 0.829. The van der Waals surface area contributed by atoms with Crippen LogP contribution in [0.5, 0.6) is 5.75 Å². The summed E-state index contributed by atoms with van der Waals surface area (Å²) in [7, 11) is 0. The summed E-state index contributed by atoms with van der Waals surface area (Å²) in [5.41, 5.74) is 7.92. The van der Waals surface area contributed by atoms with Crippen molar-refractivity contribution >= 4 is 15.9 Å². The van der Waals surface area contributed by atoms with Gasteiger partial charge < -0.3 is 10.5 Å². The van der Waals surface area contributed by atoms with Gasteiger partial charge in [0.15, 0.2) is 5.60 Å². The third-order valence-corrected chi connectivity index (χ3v) is 3.93. The summed E-state index contributed by atoms with van der Waals surface area (Å²) in [5, 5.41) is 0. The van der Waals surface area contributed by atoms with Crippen molar-refractivity contribution in [3.8, 4) is 5.75 Å². The molecule has 92 valence electrons. The van der Waals surface area contributed by atoms with E-state index in [1.807, 2.05) is 30.3 Å². The third-order valence-electron chi connectivity index (χ3n) is 3.44. The number of ether oxygens (including phenoxy) is 1. The van der Waals surface area contributed by atoms with Gasteiger partial charge in [-0.15, -0.1) is 0 Å². The van der Waals surface area contributed by atoms with Gasteiger partial charge in [-0.05, 0) is 23.3 Å². The van der Waals surface area contributed by atoms with Gasteiger partial charge in [-0.25, -0.2) is 0 Å². The minimum Gasteiger partial charge on any atom is -0.481 e. The number of halogens is 1. The predicted octanol–water partition coefficient (Wildman–Crippen LogP) is 3.24. The van der Waals surface area contributed by atoms with Crippen LogP contribution in [0.1, 0.15) is 11.1 Å². The Kier molecular flexibility index (Phi) is 2.88. The highest BCUT2D eigenvalue weighted by atomic mass is 79.9. The van der Waals surface area contributed by atoms with E-state index in [4.69, 9.17) is 10.5 Å². The first-order valence-corrected chi connectivity index (χ1v) is 6.76. The Morgan fingerprint density at radius 1 is 1.17 bits per heavy atom. The standard InChI is InChI=1S/C15H14BrNO/c16-13-7-6-11-9-15(10-17,18-14(11)8-13)12-4-2-1-3-5-12/h1-8H,9-10,17H2. The maximum absolute atomic E-state index is 6.16. The first kappa shape index (κ1) is 11.8. The first-order chi connectivity index (χ1) is 8.73. The molecule has 2 N–H and O–H groups in total. The molecule has 3 rings (SSSR count). The zero-order chi connectivity index (χ0) is 12.6. The van der Waals surface area contributed by atoms with Crippen LogP contribution in [-0.2, 0) is 12.0 Å². The quantitative estimate of drug-likeness (QED) is 0.924. The van der Waals surface area contributed by atoms with Crippen LogP contribution in [0.4, 0.5) is 0 Å². The van der Waals surface area contributed by atoms with E-state index < -0.39 is 5.60 Å². The van der Waals surface area contributed by atoms with Crippen molar-refractivity contribution in [2.75, 3.05) is 6.54 Å². The molecule has 0 bridgehead atoms. The second-order valence-corrected chi connectivity index (χ2v) is 5.51. The van der Waals surface area contributed by atoms with Crippen molar-refractivity contribution in [3.63, 3.8) is 0 Å². The lowest BCUT2D eigenvalue weighted by Gasteiger charge is -2.27. The topological polar surface area (TPSA) is 35.2 Å². The molecule has 0 fully saturated rings. The smallest absolute Gasteiger partial charge is 0.150 e. The summed E-state index contributed by atoms with van der Waals surface area (Å²) < 4.78 is 7.19. The Morgan fingerprint density at radius 3 is 2.67 bits per heavy atom. The van der Waals surface area contributed by atoms with Crippen molar-refractivity contribution in [2.24, 2.45) is 5.73 Å². The lowest BCUT2D eigenvalue weighted by molar-refractivity contribution is 0.103. The predicted molar refractivity (Wildman–Crippen MR) is 75.6 cm³/mol. The maximum atomic E-state index is 6.16. The van der Waals surface area contributed by atoms with Crippen molar-refractivity contribution in [2.45, 2.75) is 12.0 Å². The van der Waals surface area contributed by atoms with E-state index in [0.717, 1.165) is 22.2 Å². The highest BCUT2D eigenvalue weighted by molar-refractivity contribution is 9.10. The number of rotatable bonds is 2. The van der Waals surface area contributed by atoms with Gasteiger partial charge in [-0.3, -0.25) is 0 Å². The van der Waals surface area contributed by atoms with E-state index in [1.54, 1.807) is 0 Å². The number of hydrogen-bond donors (Lipinski definition) is 1. The summed E-state index contributed by atoms with van der Waals surface area (Å²) in [6.45, 7) is 0.476. The molecule has 0 spiro atoms. The molecule has 2 nitrogen and oxygen atoms in total. The average Bonchev–Trinajstić information content (AvgIpc) is 2.79. The highest BCUT2D eigenvalue weighted by Crippen LogP contribution is 2.41. The minimum absolute atomic E-state index is 0.412. The molecule has 1 atom stereocenters. The van der Waals surface area contributed by atoms with E-state index in [0.29, 0.717) is 6.54 Å². The van der Waals surface area contributed by atoms with Crippen LogP contribution in [0.25, 0.3) is 0 Å². The van der Waals surface area contributed by atoms with E-state index in [-0.39, 0.29) is 0 Å². The SMILES string of the molecule is NCC1(c2ccccc2)Cc2ccc(Br)cc2O1. The molecule has 0 aliphatic carbocycles. The molecule has 18 heavy (non-hydrogen) atoms. The molecule has 0 saturated heterocycles. The summed E-state index contributed by atoms with van der Waals surface area (Å²) in [4.78, 5) is 0. The first-order valence-electron chi connectivity index (χ1n) is 5.96. The van der Waals surface area contributed by atoms with Gasteiger partial charge in [0.1, 0.15) is 5.75 Å². The van der Waals surface area contributed by atoms with Crippen LogP contribution in [-0.4, -0.2) is 6.54 Å². The maximum Gasteiger partial charge on any atom is 0.150 e. The zero-order valence-electron chi connectivity index (χ0n) is 9.90. The van der Waals surface area contributed by atoms with E-state index >= 15 is 0 Å². The molecule has 1 aliphatic rings. The molecular weight excluding hydrogens is 290 g/mol. The number of hydrogen-bond acceptors (Lipinski definition) is 2. The minimum atomic E-state index is -0.412. The molecular formula is C15H14BrNO. The second-order valence-electron chi connectivity index (χ2n) is 4.60. The molecule has 1 aliphatic heterocycles. The van der Waals surface area contributed by atoms with Crippen LogP contribution in [0.15, 0.2) is 53.0 Å². The van der Waals surface area contributed by atoms with Crippen LogP contribution in [0.2, 0.25) is 0 Å². The van der Waals surface area contributed by atoms with E-state index in [1.165, 1.54) is 5.56 Å². The molecule has 1 unspecified atom stereocenters. The van der Waals surface area contributed by atoms with Gasteiger partial charge in [-0.1, -0.05) is 52.3 Å². The molecule has 2 aromatic carbocycles. The monoisotopic (exact) mass is 303 g/mol. The van der Waals surface area contributed by atoms with Crippen LogP contribution in [0, 0.1) is 0 Å². The molecule has 0 amide bonds. The number of nitrogens with two attached hydrogens (primary N) is 1. The number of benzene rings is 2. The van der Waals surface area contributed by atoms with Gasteiger partial charge in [-0.2, -0.15) is 0 Å². The number of fused-ring (bicyclic) bond motifs is 1. The van der Waals surface area contributed by atoms with Gasteiger partial charge in [0, 0.05) is 17.4 Å². The third kappa shape index (κ3) is 1.84. The fraction of sp³-hybridized carbons (Fsp3) is 0.200. The normalized spacial score (nSPS) is 21.4. The Labute approximate surface area is 115 Å². The molecule has 0 aromatic heterocycles. The Morgan fingerprint density at radius 2 is 1.94 bits per heavy atom. The lowest BCUT2D eigenvalue weighted by Crippen LogP contribution is -2.39. The Balaban J connectivity index is 2.03. The Hall–Kier alpha value is -1.32. The Bertz CT molecular complexity index is 570. The molecule has 0 radical (unpaired) electrons. The summed E-state index contributed by atoms with van der Waals surface area (Å²) >= 11 is 3.47. The molecule has 3 heteroatoms. The van der Waals surface area contributed by atoms with Crippen molar-refractivity contribution in [3.05, 3.63) is 64.1 Å².